The molecule has 0 N–H and O–H groups in total. The van der Waals surface area contributed by atoms with Crippen molar-refractivity contribution in [3.8, 4) is 0 Å². The van der Waals surface area contributed by atoms with Gasteiger partial charge >= 0.3 is 0 Å². The molecule has 0 saturated heterocycles. The molecule has 0 fully saturated rings. The molecule has 1 unspecified atom stereocenters. The van der Waals surface area contributed by atoms with Crippen LogP contribution in [-0.4, -0.2) is 18.5 Å². The summed E-state index contributed by atoms with van der Waals surface area (Å²) in [4.78, 5) is 15.4. The third-order valence-corrected chi connectivity index (χ3v) is 2.43. The smallest absolute Gasteiger partial charge is 0.134 e. The number of hydrogen-bond donors (Lipinski definition) is 0. The fourth-order valence-corrected chi connectivity index (χ4v) is 1.37. The Morgan fingerprint density at radius 2 is 2.07 bits per heavy atom. The maximum atomic E-state index is 11.1. The van der Waals surface area contributed by atoms with Gasteiger partial charge in [-0.25, -0.2) is 0 Å². The van der Waals surface area contributed by atoms with E-state index in [4.69, 9.17) is 0 Å². The van der Waals surface area contributed by atoms with Crippen molar-refractivity contribution in [1.82, 2.24) is 0 Å². The first-order valence-corrected chi connectivity index (χ1v) is 5.29. The highest BCUT2D eigenvalue weighted by Crippen LogP contribution is 2.04. The Bertz CT molecular complexity index is 330. The summed E-state index contributed by atoms with van der Waals surface area (Å²) in [7, 11) is 0. The monoisotopic (exact) mass is 203 g/mol. The molecule has 15 heavy (non-hydrogen) atoms. The highest BCUT2D eigenvalue weighted by atomic mass is 16.1. The van der Waals surface area contributed by atoms with Gasteiger partial charge in [0.1, 0.15) is 5.78 Å². The topological polar surface area (TPSA) is 29.4 Å². The van der Waals surface area contributed by atoms with Crippen LogP contribution in [0.2, 0.25) is 0 Å². The number of benzene rings is 1. The molecule has 80 valence electrons. The summed E-state index contributed by atoms with van der Waals surface area (Å²) in [5, 5.41) is 0. The van der Waals surface area contributed by atoms with Gasteiger partial charge in [0, 0.05) is 18.7 Å². The third-order valence-electron chi connectivity index (χ3n) is 2.43. The fraction of sp³-hybridized carbons (Fsp3) is 0.385. The molecule has 0 heterocycles. The van der Waals surface area contributed by atoms with Gasteiger partial charge in [-0.3, -0.25) is 9.79 Å². The van der Waals surface area contributed by atoms with Crippen LogP contribution in [0.3, 0.4) is 0 Å². The summed E-state index contributed by atoms with van der Waals surface area (Å²) in [6.07, 6.45) is 2.69. The van der Waals surface area contributed by atoms with Crippen molar-refractivity contribution in [3.05, 3.63) is 35.9 Å². The molecule has 1 rings (SSSR count). The van der Waals surface area contributed by atoms with Gasteiger partial charge in [0.05, 0.1) is 0 Å². The number of hydrogen-bond acceptors (Lipinski definition) is 2. The van der Waals surface area contributed by atoms with Crippen molar-refractivity contribution < 1.29 is 4.79 Å². The molecule has 0 aromatic heterocycles. The molecule has 2 nitrogen and oxygen atoms in total. The second-order valence-electron chi connectivity index (χ2n) is 3.62. The van der Waals surface area contributed by atoms with Gasteiger partial charge in [0.25, 0.3) is 0 Å². The minimum Gasteiger partial charge on any atom is -0.300 e. The highest BCUT2D eigenvalue weighted by molar-refractivity contribution is 5.81. The van der Waals surface area contributed by atoms with Crippen molar-refractivity contribution in [3.63, 3.8) is 0 Å². The van der Waals surface area contributed by atoms with Crippen LogP contribution in [0.15, 0.2) is 35.3 Å². The Hall–Kier alpha value is -1.44. The Kier molecular flexibility index (Phi) is 4.75. The molecular formula is C13H17NO. The van der Waals surface area contributed by atoms with Gasteiger partial charge in [-0.2, -0.15) is 0 Å². The van der Waals surface area contributed by atoms with Gasteiger partial charge in [-0.15, -0.1) is 0 Å². The number of carbonyl (C=O) groups is 1. The molecule has 0 saturated carbocycles. The largest absolute Gasteiger partial charge is 0.300 e. The molecule has 0 aliphatic heterocycles. The van der Waals surface area contributed by atoms with Crippen LogP contribution in [0.4, 0.5) is 0 Å². The molecule has 0 radical (unpaired) electrons. The van der Waals surface area contributed by atoms with E-state index in [1.807, 2.05) is 43.5 Å². The Labute approximate surface area is 91.0 Å². The number of aliphatic imine (C=N–C) groups is 1. The lowest BCUT2D eigenvalue weighted by molar-refractivity contribution is -0.120. The fourth-order valence-electron chi connectivity index (χ4n) is 1.37. The average Bonchev–Trinajstić information content (AvgIpc) is 2.25. The molecule has 1 atom stereocenters. The molecule has 1 aromatic carbocycles. The molecule has 0 aliphatic rings. The Morgan fingerprint density at radius 3 is 2.60 bits per heavy atom. The zero-order valence-electron chi connectivity index (χ0n) is 9.31. The quantitative estimate of drug-likeness (QED) is 0.676. The number of ketones is 1. The van der Waals surface area contributed by atoms with Crippen molar-refractivity contribution in [2.75, 3.05) is 6.54 Å². The molecule has 0 bridgehead atoms. The molecule has 2 heteroatoms. The van der Waals surface area contributed by atoms with Crippen LogP contribution >= 0.6 is 0 Å². The van der Waals surface area contributed by atoms with E-state index in [1.54, 1.807) is 6.92 Å². The van der Waals surface area contributed by atoms with Gasteiger partial charge in [-0.1, -0.05) is 37.3 Å². The van der Waals surface area contributed by atoms with E-state index in [2.05, 4.69) is 4.99 Å². The standard InChI is InChI=1S/C13H17NO/c1-3-13(11(2)15)10-14-9-12-7-5-4-6-8-12/h4-9,13H,3,10H2,1-2H3. The average molecular weight is 203 g/mol. The molecule has 0 amide bonds. The van der Waals surface area contributed by atoms with Crippen LogP contribution in [0.25, 0.3) is 0 Å². The van der Waals surface area contributed by atoms with Gasteiger partial charge in [-0.05, 0) is 18.9 Å². The van der Waals surface area contributed by atoms with Crippen molar-refractivity contribution >= 4 is 12.0 Å². The van der Waals surface area contributed by atoms with E-state index in [9.17, 15) is 4.79 Å². The zero-order valence-corrected chi connectivity index (χ0v) is 9.31. The number of Topliss-reactive ketones (excluding diaryl/α,β-unsaturated/α-hetero) is 1. The van der Waals surface area contributed by atoms with Crippen LogP contribution in [0, 0.1) is 5.92 Å². The first kappa shape index (κ1) is 11.6. The SMILES string of the molecule is CCC(CN=Cc1ccccc1)C(C)=O. The van der Waals surface area contributed by atoms with E-state index in [-0.39, 0.29) is 11.7 Å². The maximum Gasteiger partial charge on any atom is 0.134 e. The normalized spacial score (nSPS) is 12.9. The van der Waals surface area contributed by atoms with Gasteiger partial charge < -0.3 is 0 Å². The van der Waals surface area contributed by atoms with Crippen LogP contribution in [0.1, 0.15) is 25.8 Å². The Balaban J connectivity index is 2.49. The number of carbonyl (C=O) groups excluding carboxylic acids is 1. The van der Waals surface area contributed by atoms with Crippen molar-refractivity contribution in [2.24, 2.45) is 10.9 Å². The predicted molar refractivity (Wildman–Crippen MR) is 63.4 cm³/mol. The second-order valence-corrected chi connectivity index (χ2v) is 3.62. The molecule has 1 aromatic rings. The number of rotatable bonds is 5. The van der Waals surface area contributed by atoms with E-state index >= 15 is 0 Å². The van der Waals surface area contributed by atoms with Gasteiger partial charge in [0.2, 0.25) is 0 Å². The van der Waals surface area contributed by atoms with Crippen LogP contribution in [-0.2, 0) is 4.79 Å². The predicted octanol–water partition coefficient (Wildman–Crippen LogP) is 2.72. The van der Waals surface area contributed by atoms with Gasteiger partial charge in [0.15, 0.2) is 0 Å². The lowest BCUT2D eigenvalue weighted by Gasteiger charge is -2.06. The first-order chi connectivity index (χ1) is 7.24. The minimum atomic E-state index is 0.0740. The minimum absolute atomic E-state index is 0.0740. The summed E-state index contributed by atoms with van der Waals surface area (Å²) in [6.45, 7) is 4.25. The number of nitrogens with zero attached hydrogens (tertiary/aromatic N) is 1. The van der Waals surface area contributed by atoms with E-state index in [1.165, 1.54) is 0 Å². The van der Waals surface area contributed by atoms with E-state index < -0.39 is 0 Å². The van der Waals surface area contributed by atoms with E-state index in [0.29, 0.717) is 6.54 Å². The molecule has 0 aliphatic carbocycles. The second kappa shape index (κ2) is 6.12. The van der Waals surface area contributed by atoms with Crippen LogP contribution in [0.5, 0.6) is 0 Å². The summed E-state index contributed by atoms with van der Waals surface area (Å²) in [5.41, 5.74) is 1.08. The van der Waals surface area contributed by atoms with Crippen molar-refractivity contribution in [1.29, 1.82) is 0 Å². The first-order valence-electron chi connectivity index (χ1n) is 5.29. The van der Waals surface area contributed by atoms with Crippen LogP contribution < -0.4 is 0 Å². The molecule has 0 spiro atoms. The summed E-state index contributed by atoms with van der Waals surface area (Å²) >= 11 is 0. The summed E-state index contributed by atoms with van der Waals surface area (Å²) < 4.78 is 0. The third kappa shape index (κ3) is 4.07. The highest BCUT2D eigenvalue weighted by Gasteiger charge is 2.09. The lowest BCUT2D eigenvalue weighted by Crippen LogP contribution is -2.13. The van der Waals surface area contributed by atoms with E-state index in [0.717, 1.165) is 12.0 Å². The maximum absolute atomic E-state index is 11.1. The zero-order chi connectivity index (χ0) is 11.1. The summed E-state index contributed by atoms with van der Waals surface area (Å²) in [5.74, 6) is 0.299. The Morgan fingerprint density at radius 1 is 1.40 bits per heavy atom. The summed E-state index contributed by atoms with van der Waals surface area (Å²) in [6, 6.07) is 9.92. The lowest BCUT2D eigenvalue weighted by atomic mass is 10.0. The van der Waals surface area contributed by atoms with Crippen molar-refractivity contribution in [2.45, 2.75) is 20.3 Å². The molecular weight excluding hydrogens is 186 g/mol.